The molecule has 3 heteroatoms. The van der Waals surface area contributed by atoms with E-state index in [0.717, 1.165) is 11.1 Å². The van der Waals surface area contributed by atoms with Gasteiger partial charge in [-0.1, -0.05) is 36.4 Å². The number of benzene rings is 2. The van der Waals surface area contributed by atoms with Crippen molar-refractivity contribution in [3.63, 3.8) is 0 Å². The Hall–Kier alpha value is -2.31. The summed E-state index contributed by atoms with van der Waals surface area (Å²) in [6, 6.07) is 15.0. The van der Waals surface area contributed by atoms with Crippen molar-refractivity contribution in [1.29, 1.82) is 5.26 Å². The number of hydrogen-bond donors (Lipinski definition) is 1. The van der Waals surface area contributed by atoms with Crippen LogP contribution in [0.2, 0.25) is 0 Å². The highest BCUT2D eigenvalue weighted by Gasteiger charge is 2.24. The summed E-state index contributed by atoms with van der Waals surface area (Å²) in [6.07, 6.45) is -0.744. The predicted molar refractivity (Wildman–Crippen MR) is 66.0 cm³/mol. The summed E-state index contributed by atoms with van der Waals surface area (Å²) < 4.78 is 5.68. The Balaban J connectivity index is 2.21. The third-order valence-corrected chi connectivity index (χ3v) is 3.18. The van der Waals surface area contributed by atoms with Crippen LogP contribution in [0.3, 0.4) is 0 Å². The number of aliphatic hydroxyl groups excluding tert-OH is 1. The second-order valence-electron chi connectivity index (χ2n) is 4.23. The van der Waals surface area contributed by atoms with E-state index in [1.165, 1.54) is 0 Å². The van der Waals surface area contributed by atoms with Crippen LogP contribution in [0.5, 0.6) is 5.75 Å². The molecule has 1 heterocycles. The van der Waals surface area contributed by atoms with Gasteiger partial charge in [-0.05, 0) is 17.2 Å². The maximum absolute atomic E-state index is 10.4. The molecule has 0 saturated heterocycles. The standard InChI is InChI=1S/C15H11NO2/c16-8-10-5-3-7-13-14(17)12-6-2-1-4-11(12)9-18-15(10)13/h1-7,14,17H,9H2. The Labute approximate surface area is 105 Å². The van der Waals surface area contributed by atoms with Gasteiger partial charge in [-0.25, -0.2) is 0 Å². The van der Waals surface area contributed by atoms with Crippen LogP contribution in [-0.2, 0) is 6.61 Å². The number of aliphatic hydroxyl groups is 1. The molecule has 1 aliphatic rings. The van der Waals surface area contributed by atoms with Gasteiger partial charge in [0.25, 0.3) is 0 Å². The van der Waals surface area contributed by atoms with E-state index >= 15 is 0 Å². The quantitative estimate of drug-likeness (QED) is 0.766. The zero-order chi connectivity index (χ0) is 12.5. The monoisotopic (exact) mass is 237 g/mol. The van der Waals surface area contributed by atoms with Crippen LogP contribution in [0.15, 0.2) is 42.5 Å². The van der Waals surface area contributed by atoms with Gasteiger partial charge in [-0.2, -0.15) is 5.26 Å². The lowest BCUT2D eigenvalue weighted by molar-refractivity contribution is 0.218. The summed E-state index contributed by atoms with van der Waals surface area (Å²) in [5.41, 5.74) is 2.90. The Bertz CT molecular complexity index is 643. The van der Waals surface area contributed by atoms with Crippen molar-refractivity contribution >= 4 is 0 Å². The number of fused-ring (bicyclic) bond motifs is 2. The Morgan fingerprint density at radius 3 is 2.72 bits per heavy atom. The first-order valence-electron chi connectivity index (χ1n) is 5.73. The van der Waals surface area contributed by atoms with Gasteiger partial charge in [0, 0.05) is 5.56 Å². The minimum absolute atomic E-state index is 0.374. The van der Waals surface area contributed by atoms with E-state index in [0.29, 0.717) is 23.5 Å². The minimum Gasteiger partial charge on any atom is -0.487 e. The van der Waals surface area contributed by atoms with E-state index in [2.05, 4.69) is 6.07 Å². The second-order valence-corrected chi connectivity index (χ2v) is 4.23. The van der Waals surface area contributed by atoms with E-state index in [1.54, 1.807) is 18.2 Å². The molecular weight excluding hydrogens is 226 g/mol. The molecule has 3 rings (SSSR count). The molecule has 2 aromatic carbocycles. The fraction of sp³-hybridized carbons (Fsp3) is 0.133. The average molecular weight is 237 g/mol. The summed E-state index contributed by atoms with van der Waals surface area (Å²) in [6.45, 7) is 0.374. The van der Waals surface area contributed by atoms with E-state index in [1.807, 2.05) is 24.3 Å². The second kappa shape index (κ2) is 4.17. The first-order valence-corrected chi connectivity index (χ1v) is 5.73. The maximum Gasteiger partial charge on any atom is 0.143 e. The van der Waals surface area contributed by atoms with Gasteiger partial charge in [-0.3, -0.25) is 0 Å². The third kappa shape index (κ3) is 1.55. The molecule has 0 aromatic heterocycles. The Morgan fingerprint density at radius 1 is 1.11 bits per heavy atom. The Kier molecular flexibility index (Phi) is 2.51. The van der Waals surface area contributed by atoms with Crippen molar-refractivity contribution in [3.05, 3.63) is 64.7 Å². The van der Waals surface area contributed by atoms with Crippen LogP contribution in [0.4, 0.5) is 0 Å². The normalized spacial score (nSPS) is 16.8. The zero-order valence-corrected chi connectivity index (χ0v) is 9.63. The van der Waals surface area contributed by atoms with Crippen molar-refractivity contribution in [2.75, 3.05) is 0 Å². The van der Waals surface area contributed by atoms with Crippen LogP contribution in [0.1, 0.15) is 28.4 Å². The van der Waals surface area contributed by atoms with E-state index < -0.39 is 6.10 Å². The van der Waals surface area contributed by atoms with E-state index in [4.69, 9.17) is 10.00 Å². The van der Waals surface area contributed by atoms with Crippen LogP contribution in [-0.4, -0.2) is 5.11 Å². The van der Waals surface area contributed by atoms with Crippen molar-refractivity contribution in [2.24, 2.45) is 0 Å². The van der Waals surface area contributed by atoms with Gasteiger partial charge in [0.1, 0.15) is 24.5 Å². The van der Waals surface area contributed by atoms with Crippen molar-refractivity contribution < 1.29 is 9.84 Å². The molecule has 88 valence electrons. The predicted octanol–water partition coefficient (Wildman–Crippen LogP) is 2.53. The van der Waals surface area contributed by atoms with Gasteiger partial charge >= 0.3 is 0 Å². The number of nitrogens with zero attached hydrogens (tertiary/aromatic N) is 1. The number of ether oxygens (including phenoxy) is 1. The van der Waals surface area contributed by atoms with Gasteiger partial charge in [0.05, 0.1) is 5.56 Å². The van der Waals surface area contributed by atoms with Crippen LogP contribution in [0, 0.1) is 11.3 Å². The van der Waals surface area contributed by atoms with Gasteiger partial charge in [-0.15, -0.1) is 0 Å². The lowest BCUT2D eigenvalue weighted by atomic mass is 9.96. The molecule has 1 atom stereocenters. The molecular formula is C15H11NO2. The third-order valence-electron chi connectivity index (χ3n) is 3.18. The molecule has 18 heavy (non-hydrogen) atoms. The topological polar surface area (TPSA) is 53.2 Å². The first kappa shape index (κ1) is 10.8. The highest BCUT2D eigenvalue weighted by atomic mass is 16.5. The summed E-state index contributed by atoms with van der Waals surface area (Å²) in [7, 11) is 0. The average Bonchev–Trinajstić information content (AvgIpc) is 2.57. The highest BCUT2D eigenvalue weighted by molar-refractivity contribution is 5.53. The summed E-state index contributed by atoms with van der Waals surface area (Å²) in [5.74, 6) is 0.490. The fourth-order valence-electron chi connectivity index (χ4n) is 2.27. The summed E-state index contributed by atoms with van der Waals surface area (Å²) >= 11 is 0. The molecule has 0 radical (unpaired) electrons. The smallest absolute Gasteiger partial charge is 0.143 e. The van der Waals surface area contributed by atoms with Crippen LogP contribution in [0.25, 0.3) is 0 Å². The summed E-state index contributed by atoms with van der Waals surface area (Å²) in [4.78, 5) is 0. The first-order chi connectivity index (χ1) is 8.81. The number of para-hydroxylation sites is 1. The number of rotatable bonds is 0. The van der Waals surface area contributed by atoms with Crippen molar-refractivity contribution in [3.8, 4) is 11.8 Å². The van der Waals surface area contributed by atoms with Gasteiger partial charge < -0.3 is 9.84 Å². The largest absolute Gasteiger partial charge is 0.487 e. The SMILES string of the molecule is N#Cc1cccc2c1OCc1ccccc1C2O. The number of hydrogen-bond acceptors (Lipinski definition) is 3. The highest BCUT2D eigenvalue weighted by Crippen LogP contribution is 2.37. The Morgan fingerprint density at radius 2 is 1.89 bits per heavy atom. The van der Waals surface area contributed by atoms with Gasteiger partial charge in [0.15, 0.2) is 0 Å². The molecule has 0 spiro atoms. The molecule has 1 N–H and O–H groups in total. The van der Waals surface area contributed by atoms with Crippen LogP contribution >= 0.6 is 0 Å². The molecule has 3 nitrogen and oxygen atoms in total. The van der Waals surface area contributed by atoms with E-state index in [9.17, 15) is 5.11 Å². The lowest BCUT2D eigenvalue weighted by Crippen LogP contribution is -2.01. The lowest BCUT2D eigenvalue weighted by Gasteiger charge is -2.13. The zero-order valence-electron chi connectivity index (χ0n) is 9.63. The molecule has 0 amide bonds. The van der Waals surface area contributed by atoms with Crippen LogP contribution < -0.4 is 4.74 Å². The van der Waals surface area contributed by atoms with Crippen molar-refractivity contribution in [2.45, 2.75) is 12.7 Å². The molecule has 1 unspecified atom stereocenters. The molecule has 0 fully saturated rings. The van der Waals surface area contributed by atoms with Crippen molar-refractivity contribution in [1.82, 2.24) is 0 Å². The fourth-order valence-corrected chi connectivity index (χ4v) is 2.27. The molecule has 2 aromatic rings. The maximum atomic E-state index is 10.4. The minimum atomic E-state index is -0.744. The van der Waals surface area contributed by atoms with Gasteiger partial charge in [0.2, 0.25) is 0 Å². The molecule has 0 bridgehead atoms. The molecule has 1 aliphatic heterocycles. The number of nitriles is 1. The summed E-state index contributed by atoms with van der Waals surface area (Å²) in [5, 5.41) is 19.5. The molecule has 0 aliphatic carbocycles. The molecule has 0 saturated carbocycles. The van der Waals surface area contributed by atoms with E-state index in [-0.39, 0.29) is 0 Å².